The molecule has 4 rings (SSSR count). The van der Waals surface area contributed by atoms with Gasteiger partial charge in [-0.05, 0) is 39.5 Å². The second-order valence-electron chi connectivity index (χ2n) is 11.0. The molecule has 2 heterocycles. The Hall–Kier alpha value is -3.35. The first-order valence-electron chi connectivity index (χ1n) is 12.7. The van der Waals surface area contributed by atoms with Crippen LogP contribution < -0.4 is 0 Å². The lowest BCUT2D eigenvalue weighted by molar-refractivity contribution is -0.136. The van der Waals surface area contributed by atoms with Gasteiger partial charge in [-0.25, -0.2) is 14.5 Å². The predicted molar refractivity (Wildman–Crippen MR) is 136 cm³/mol. The number of ether oxygens (including phenoxy) is 2. The molecular formula is C29H36N2O5. The Bertz CT molecular complexity index is 1050. The summed E-state index contributed by atoms with van der Waals surface area (Å²) in [7, 11) is 0. The van der Waals surface area contributed by atoms with Crippen molar-refractivity contribution >= 4 is 18.1 Å². The van der Waals surface area contributed by atoms with E-state index in [1.807, 2.05) is 95.3 Å². The number of piperidine rings is 1. The Balaban J connectivity index is 1.70. The molecular weight excluding hydrogens is 456 g/mol. The Kier molecular flexibility index (Phi) is 7.12. The van der Waals surface area contributed by atoms with Crippen molar-refractivity contribution < 1.29 is 23.9 Å². The van der Waals surface area contributed by atoms with Gasteiger partial charge in [0.05, 0.1) is 12.0 Å². The molecule has 2 aliphatic heterocycles. The monoisotopic (exact) mass is 492 g/mol. The van der Waals surface area contributed by atoms with Crippen LogP contribution in [0.25, 0.3) is 0 Å². The van der Waals surface area contributed by atoms with Gasteiger partial charge in [0.15, 0.2) is 5.60 Å². The van der Waals surface area contributed by atoms with Crippen LogP contribution in [0.2, 0.25) is 0 Å². The molecule has 2 aliphatic rings. The molecule has 2 aromatic rings. The van der Waals surface area contributed by atoms with Crippen LogP contribution in [0.1, 0.15) is 58.6 Å². The normalized spacial score (nSPS) is 21.9. The van der Waals surface area contributed by atoms with Crippen LogP contribution in [0.3, 0.4) is 0 Å². The largest absolute Gasteiger partial charge is 0.444 e. The van der Waals surface area contributed by atoms with E-state index in [0.717, 1.165) is 11.1 Å². The van der Waals surface area contributed by atoms with Crippen molar-refractivity contribution in [2.45, 2.75) is 64.7 Å². The first kappa shape index (κ1) is 25.7. The summed E-state index contributed by atoms with van der Waals surface area (Å²) in [6.07, 6.45) is 0.164. The van der Waals surface area contributed by atoms with Crippen LogP contribution >= 0.6 is 0 Å². The van der Waals surface area contributed by atoms with Gasteiger partial charge in [-0.2, -0.15) is 0 Å². The summed E-state index contributed by atoms with van der Waals surface area (Å²) >= 11 is 0. The molecule has 0 N–H and O–H groups in total. The van der Waals surface area contributed by atoms with E-state index in [2.05, 4.69) is 0 Å². The van der Waals surface area contributed by atoms with Crippen LogP contribution in [0.4, 0.5) is 9.59 Å². The Morgan fingerprint density at radius 1 is 1.00 bits per heavy atom. The van der Waals surface area contributed by atoms with Gasteiger partial charge in [0.25, 0.3) is 0 Å². The van der Waals surface area contributed by atoms with Crippen molar-refractivity contribution in [3.8, 4) is 0 Å². The highest BCUT2D eigenvalue weighted by Gasteiger charge is 2.60. The third-order valence-electron chi connectivity index (χ3n) is 6.84. The van der Waals surface area contributed by atoms with Crippen LogP contribution in [0.5, 0.6) is 0 Å². The van der Waals surface area contributed by atoms with Crippen LogP contribution in [0, 0.1) is 11.8 Å². The first-order valence-corrected chi connectivity index (χ1v) is 12.7. The zero-order chi connectivity index (χ0) is 26.1. The number of likely N-dealkylation sites (tertiary alicyclic amines) is 1. The molecule has 2 saturated heterocycles. The molecule has 7 nitrogen and oxygen atoms in total. The standard InChI is InChI=1S/C29H36N2O5/c1-20(2)24-29(22-14-8-6-9-15-22,23-16-10-7-11-17-23)36-27(34)31(24)25(32)21-13-12-18-30(19-21)26(33)35-28(3,4)5/h6-11,14-17,20-21,24H,12-13,18-19H2,1-5H3. The fourth-order valence-corrected chi connectivity index (χ4v) is 5.40. The van der Waals surface area contributed by atoms with Crippen molar-refractivity contribution in [2.24, 2.45) is 11.8 Å². The lowest BCUT2D eigenvalue weighted by Gasteiger charge is -2.39. The molecule has 3 amide bonds. The molecule has 192 valence electrons. The van der Waals surface area contributed by atoms with Crippen molar-refractivity contribution in [3.05, 3.63) is 71.8 Å². The number of nitrogens with zero attached hydrogens (tertiary/aromatic N) is 2. The van der Waals surface area contributed by atoms with E-state index >= 15 is 0 Å². The highest BCUT2D eigenvalue weighted by atomic mass is 16.6. The second kappa shape index (κ2) is 9.96. The molecule has 36 heavy (non-hydrogen) atoms. The number of hydrogen-bond donors (Lipinski definition) is 0. The zero-order valence-electron chi connectivity index (χ0n) is 21.8. The number of imide groups is 1. The summed E-state index contributed by atoms with van der Waals surface area (Å²) in [4.78, 5) is 43.1. The van der Waals surface area contributed by atoms with Crippen LogP contribution in [0.15, 0.2) is 60.7 Å². The van der Waals surface area contributed by atoms with E-state index in [9.17, 15) is 14.4 Å². The third-order valence-corrected chi connectivity index (χ3v) is 6.84. The van der Waals surface area contributed by atoms with Gasteiger partial charge in [-0.1, -0.05) is 74.5 Å². The first-order chi connectivity index (χ1) is 17.0. The summed E-state index contributed by atoms with van der Waals surface area (Å²) in [6.45, 7) is 10.2. The van der Waals surface area contributed by atoms with Crippen molar-refractivity contribution in [2.75, 3.05) is 13.1 Å². The van der Waals surface area contributed by atoms with Crippen LogP contribution in [-0.4, -0.2) is 52.6 Å². The van der Waals surface area contributed by atoms with E-state index in [0.29, 0.717) is 19.4 Å². The number of carbonyl (C=O) groups is 3. The van der Waals surface area contributed by atoms with Gasteiger partial charge < -0.3 is 14.4 Å². The zero-order valence-corrected chi connectivity index (χ0v) is 21.8. The molecule has 0 spiro atoms. The second-order valence-corrected chi connectivity index (χ2v) is 11.0. The summed E-state index contributed by atoms with van der Waals surface area (Å²) in [5.41, 5.74) is -0.126. The highest BCUT2D eigenvalue weighted by Crippen LogP contribution is 2.47. The fraction of sp³-hybridized carbons (Fsp3) is 0.483. The Morgan fingerprint density at radius 3 is 2.06 bits per heavy atom. The number of rotatable bonds is 4. The number of amides is 3. The minimum absolute atomic E-state index is 0.0913. The summed E-state index contributed by atoms with van der Waals surface area (Å²) in [6, 6.07) is 18.7. The summed E-state index contributed by atoms with van der Waals surface area (Å²) < 4.78 is 11.8. The molecule has 0 aliphatic carbocycles. The van der Waals surface area contributed by atoms with E-state index in [4.69, 9.17) is 9.47 Å². The lowest BCUT2D eigenvalue weighted by Crippen LogP contribution is -2.54. The molecule has 0 bridgehead atoms. The quantitative estimate of drug-likeness (QED) is 0.557. The molecule has 0 radical (unpaired) electrons. The lowest BCUT2D eigenvalue weighted by atomic mass is 9.75. The fourth-order valence-electron chi connectivity index (χ4n) is 5.40. The van der Waals surface area contributed by atoms with Crippen molar-refractivity contribution in [1.29, 1.82) is 0 Å². The number of carbonyl (C=O) groups excluding carboxylic acids is 3. The van der Waals surface area contributed by atoms with E-state index in [1.165, 1.54) is 4.90 Å². The molecule has 0 aromatic heterocycles. The summed E-state index contributed by atoms with van der Waals surface area (Å²) in [5, 5.41) is 0. The Labute approximate surface area is 213 Å². The minimum Gasteiger partial charge on any atom is -0.444 e. The molecule has 2 fully saturated rings. The molecule has 2 unspecified atom stereocenters. The predicted octanol–water partition coefficient (Wildman–Crippen LogP) is 5.58. The van der Waals surface area contributed by atoms with Crippen molar-refractivity contribution in [1.82, 2.24) is 9.80 Å². The van der Waals surface area contributed by atoms with E-state index in [-0.39, 0.29) is 18.4 Å². The average molecular weight is 493 g/mol. The van der Waals surface area contributed by atoms with Gasteiger partial charge in [-0.15, -0.1) is 0 Å². The molecule has 2 aromatic carbocycles. The van der Waals surface area contributed by atoms with Gasteiger partial charge in [-0.3, -0.25) is 4.79 Å². The van der Waals surface area contributed by atoms with Crippen LogP contribution in [-0.2, 0) is 19.9 Å². The molecule has 2 atom stereocenters. The van der Waals surface area contributed by atoms with Gasteiger partial charge in [0.2, 0.25) is 5.91 Å². The number of hydrogen-bond acceptors (Lipinski definition) is 5. The molecule has 7 heteroatoms. The number of cyclic esters (lactones) is 1. The van der Waals surface area contributed by atoms with E-state index in [1.54, 1.807) is 4.90 Å². The minimum atomic E-state index is -1.14. The maximum Gasteiger partial charge on any atom is 0.418 e. The van der Waals surface area contributed by atoms with Gasteiger partial charge >= 0.3 is 12.2 Å². The smallest absolute Gasteiger partial charge is 0.418 e. The third kappa shape index (κ3) is 4.84. The number of benzene rings is 2. The maximum absolute atomic E-state index is 14.0. The van der Waals surface area contributed by atoms with E-state index < -0.39 is 35.3 Å². The SMILES string of the molecule is CC(C)C1N(C(=O)C2CCCN(C(=O)OC(C)(C)C)C2)C(=O)OC1(c1ccccc1)c1ccccc1. The van der Waals surface area contributed by atoms with Crippen molar-refractivity contribution in [3.63, 3.8) is 0 Å². The van der Waals surface area contributed by atoms with Gasteiger partial charge in [0, 0.05) is 24.2 Å². The summed E-state index contributed by atoms with van der Waals surface area (Å²) in [5.74, 6) is -0.908. The average Bonchev–Trinajstić information content (AvgIpc) is 3.18. The molecule has 0 saturated carbocycles. The highest BCUT2D eigenvalue weighted by molar-refractivity contribution is 5.96. The topological polar surface area (TPSA) is 76.2 Å². The van der Waals surface area contributed by atoms with Gasteiger partial charge in [0.1, 0.15) is 5.60 Å². The Morgan fingerprint density at radius 2 is 1.56 bits per heavy atom. The maximum atomic E-state index is 14.0.